The first-order chi connectivity index (χ1) is 12.1. The zero-order valence-electron chi connectivity index (χ0n) is 14.2. The van der Waals surface area contributed by atoms with Crippen LogP contribution in [0.25, 0.3) is 11.4 Å². The Morgan fingerprint density at radius 3 is 2.60 bits per heavy atom. The standard InChI is InChI=1S/C19H20N4OS/c1-13-8-10-16(11-9-13)25-14(2)19(24)20-12-17-21-18(23-22-17)15-6-4-3-5-7-15/h3-11,14H,12H2,1-2H3,(H,20,24)(H,21,22,23). The lowest BCUT2D eigenvalue weighted by Gasteiger charge is -2.11. The summed E-state index contributed by atoms with van der Waals surface area (Å²) < 4.78 is 0. The van der Waals surface area contributed by atoms with Crippen LogP contribution in [-0.2, 0) is 11.3 Å². The van der Waals surface area contributed by atoms with Crippen molar-refractivity contribution in [1.82, 2.24) is 20.5 Å². The highest BCUT2D eigenvalue weighted by Gasteiger charge is 2.15. The molecule has 0 bridgehead atoms. The molecule has 25 heavy (non-hydrogen) atoms. The van der Waals surface area contributed by atoms with Crippen molar-refractivity contribution in [3.05, 3.63) is 66.0 Å². The van der Waals surface area contributed by atoms with Crippen LogP contribution in [0.1, 0.15) is 18.3 Å². The summed E-state index contributed by atoms with van der Waals surface area (Å²) >= 11 is 1.54. The van der Waals surface area contributed by atoms with Crippen molar-refractivity contribution in [2.75, 3.05) is 0 Å². The van der Waals surface area contributed by atoms with Gasteiger partial charge < -0.3 is 5.32 Å². The van der Waals surface area contributed by atoms with Crippen LogP contribution in [0.3, 0.4) is 0 Å². The highest BCUT2D eigenvalue weighted by Crippen LogP contribution is 2.23. The maximum absolute atomic E-state index is 12.3. The molecule has 128 valence electrons. The van der Waals surface area contributed by atoms with Gasteiger partial charge in [-0.3, -0.25) is 9.89 Å². The van der Waals surface area contributed by atoms with Crippen LogP contribution in [-0.4, -0.2) is 26.3 Å². The number of aromatic amines is 1. The van der Waals surface area contributed by atoms with Gasteiger partial charge in [0, 0.05) is 10.5 Å². The second-order valence-electron chi connectivity index (χ2n) is 5.76. The van der Waals surface area contributed by atoms with E-state index in [1.807, 2.05) is 68.4 Å². The fraction of sp³-hybridized carbons (Fsp3) is 0.211. The second kappa shape index (κ2) is 7.98. The Morgan fingerprint density at radius 1 is 1.16 bits per heavy atom. The minimum atomic E-state index is -0.181. The number of aryl methyl sites for hydroxylation is 1. The van der Waals surface area contributed by atoms with Gasteiger partial charge >= 0.3 is 0 Å². The van der Waals surface area contributed by atoms with Gasteiger partial charge in [-0.25, -0.2) is 4.98 Å². The third-order valence-corrected chi connectivity index (χ3v) is 4.81. The smallest absolute Gasteiger partial charge is 0.233 e. The van der Waals surface area contributed by atoms with E-state index in [0.717, 1.165) is 10.5 Å². The zero-order chi connectivity index (χ0) is 17.6. The molecule has 0 aliphatic carbocycles. The van der Waals surface area contributed by atoms with Crippen molar-refractivity contribution in [1.29, 1.82) is 0 Å². The van der Waals surface area contributed by atoms with Crippen molar-refractivity contribution in [3.63, 3.8) is 0 Å². The fourth-order valence-electron chi connectivity index (χ4n) is 2.28. The lowest BCUT2D eigenvalue weighted by atomic mass is 10.2. The first-order valence-electron chi connectivity index (χ1n) is 8.09. The van der Waals surface area contributed by atoms with Crippen LogP contribution < -0.4 is 5.32 Å². The number of benzene rings is 2. The number of carbonyl (C=O) groups excluding carboxylic acids is 1. The summed E-state index contributed by atoms with van der Waals surface area (Å²) in [5, 5.41) is 9.78. The lowest BCUT2D eigenvalue weighted by Crippen LogP contribution is -2.30. The summed E-state index contributed by atoms with van der Waals surface area (Å²) in [4.78, 5) is 17.8. The molecule has 1 heterocycles. The van der Waals surface area contributed by atoms with Crippen LogP contribution in [0.15, 0.2) is 59.5 Å². The minimum absolute atomic E-state index is 0.0248. The first-order valence-corrected chi connectivity index (χ1v) is 8.97. The number of H-pyrrole nitrogens is 1. The molecule has 5 nitrogen and oxygen atoms in total. The number of aromatic nitrogens is 3. The minimum Gasteiger partial charge on any atom is -0.348 e. The van der Waals surface area contributed by atoms with Gasteiger partial charge in [-0.05, 0) is 26.0 Å². The molecule has 1 atom stereocenters. The molecule has 0 spiro atoms. The number of hydrogen-bond donors (Lipinski definition) is 2. The van der Waals surface area contributed by atoms with Gasteiger partial charge in [0.1, 0.15) is 5.82 Å². The summed E-state index contributed by atoms with van der Waals surface area (Å²) in [6, 6.07) is 17.9. The van der Waals surface area contributed by atoms with E-state index in [2.05, 4.69) is 20.5 Å². The molecule has 1 aromatic heterocycles. The molecule has 0 saturated heterocycles. The first kappa shape index (κ1) is 17.2. The van der Waals surface area contributed by atoms with E-state index in [1.54, 1.807) is 0 Å². The van der Waals surface area contributed by atoms with Gasteiger partial charge in [0.15, 0.2) is 5.82 Å². The topological polar surface area (TPSA) is 70.7 Å². The van der Waals surface area contributed by atoms with Crippen molar-refractivity contribution < 1.29 is 4.79 Å². The molecule has 3 aromatic rings. The average Bonchev–Trinajstić information content (AvgIpc) is 3.11. The van der Waals surface area contributed by atoms with Crippen molar-refractivity contribution >= 4 is 17.7 Å². The summed E-state index contributed by atoms with van der Waals surface area (Å²) in [5.74, 6) is 1.25. The molecule has 0 aliphatic heterocycles. The fourth-order valence-corrected chi connectivity index (χ4v) is 3.17. The van der Waals surface area contributed by atoms with Gasteiger partial charge in [0.25, 0.3) is 0 Å². The number of carbonyl (C=O) groups is 1. The molecule has 0 aliphatic rings. The van der Waals surface area contributed by atoms with Crippen LogP contribution in [0.2, 0.25) is 0 Å². The highest BCUT2D eigenvalue weighted by atomic mass is 32.2. The molecular weight excluding hydrogens is 332 g/mol. The summed E-state index contributed by atoms with van der Waals surface area (Å²) in [7, 11) is 0. The van der Waals surface area contributed by atoms with Gasteiger partial charge in [-0.1, -0.05) is 48.0 Å². The van der Waals surface area contributed by atoms with Crippen molar-refractivity contribution in [3.8, 4) is 11.4 Å². The third kappa shape index (κ3) is 4.70. The Balaban J connectivity index is 1.53. The van der Waals surface area contributed by atoms with E-state index in [1.165, 1.54) is 17.3 Å². The Morgan fingerprint density at radius 2 is 1.88 bits per heavy atom. The molecule has 0 fully saturated rings. The van der Waals surface area contributed by atoms with Gasteiger partial charge in [0.05, 0.1) is 11.8 Å². The molecule has 1 unspecified atom stereocenters. The van der Waals surface area contributed by atoms with Gasteiger partial charge in [0.2, 0.25) is 5.91 Å². The lowest BCUT2D eigenvalue weighted by molar-refractivity contribution is -0.120. The monoisotopic (exact) mass is 352 g/mol. The van der Waals surface area contributed by atoms with Gasteiger partial charge in [-0.15, -0.1) is 11.8 Å². The molecule has 6 heteroatoms. The molecular formula is C19H20N4OS. The number of hydrogen-bond acceptors (Lipinski definition) is 4. The highest BCUT2D eigenvalue weighted by molar-refractivity contribution is 8.00. The number of amides is 1. The van der Waals surface area contributed by atoms with Crippen LogP contribution >= 0.6 is 11.8 Å². The van der Waals surface area contributed by atoms with Gasteiger partial charge in [-0.2, -0.15) is 5.10 Å². The maximum Gasteiger partial charge on any atom is 0.233 e. The molecule has 2 aromatic carbocycles. The predicted molar refractivity (Wildman–Crippen MR) is 100 cm³/mol. The van der Waals surface area contributed by atoms with Crippen molar-refractivity contribution in [2.45, 2.75) is 30.5 Å². The Bertz CT molecular complexity index is 830. The number of nitrogens with one attached hydrogen (secondary N) is 2. The van der Waals surface area contributed by atoms with E-state index < -0.39 is 0 Å². The predicted octanol–water partition coefficient (Wildman–Crippen LogP) is 3.58. The summed E-state index contributed by atoms with van der Waals surface area (Å²) in [5.41, 5.74) is 2.15. The zero-order valence-corrected chi connectivity index (χ0v) is 15.0. The quantitative estimate of drug-likeness (QED) is 0.665. The summed E-state index contributed by atoms with van der Waals surface area (Å²) in [6.07, 6.45) is 0. The largest absolute Gasteiger partial charge is 0.348 e. The van der Waals surface area contributed by atoms with E-state index >= 15 is 0 Å². The van der Waals surface area contributed by atoms with Crippen LogP contribution in [0.4, 0.5) is 0 Å². The number of thioether (sulfide) groups is 1. The number of nitrogens with zero attached hydrogens (tertiary/aromatic N) is 2. The van der Waals surface area contributed by atoms with E-state index in [-0.39, 0.29) is 11.2 Å². The third-order valence-electron chi connectivity index (χ3n) is 3.70. The Labute approximate surface area is 151 Å². The van der Waals surface area contributed by atoms with Crippen LogP contribution in [0.5, 0.6) is 0 Å². The van der Waals surface area contributed by atoms with E-state index in [0.29, 0.717) is 18.2 Å². The van der Waals surface area contributed by atoms with E-state index in [9.17, 15) is 4.79 Å². The Hall–Kier alpha value is -2.60. The average molecular weight is 352 g/mol. The second-order valence-corrected chi connectivity index (χ2v) is 7.18. The molecule has 0 saturated carbocycles. The molecule has 2 N–H and O–H groups in total. The van der Waals surface area contributed by atoms with Crippen molar-refractivity contribution in [2.24, 2.45) is 0 Å². The molecule has 3 rings (SSSR count). The van der Waals surface area contributed by atoms with E-state index in [4.69, 9.17) is 0 Å². The summed E-state index contributed by atoms with van der Waals surface area (Å²) in [6.45, 7) is 4.28. The Kier molecular flexibility index (Phi) is 5.50. The van der Waals surface area contributed by atoms with Crippen LogP contribution in [0, 0.1) is 6.92 Å². The molecule has 0 radical (unpaired) electrons. The molecule has 1 amide bonds. The number of rotatable bonds is 6. The normalized spacial score (nSPS) is 11.9. The maximum atomic E-state index is 12.3. The SMILES string of the molecule is Cc1ccc(SC(C)C(=O)NCc2nc(-c3ccccc3)n[nH]2)cc1.